The fourth-order valence-electron chi connectivity index (χ4n) is 3.97. The lowest BCUT2D eigenvalue weighted by Crippen LogP contribution is -2.32. The van der Waals surface area contributed by atoms with Gasteiger partial charge in [0.25, 0.3) is 0 Å². The van der Waals surface area contributed by atoms with E-state index >= 15 is 0 Å². The van der Waals surface area contributed by atoms with Crippen LogP contribution in [0.25, 0.3) is 11.1 Å². The Labute approximate surface area is 165 Å². The van der Waals surface area contributed by atoms with E-state index in [9.17, 15) is 9.90 Å². The van der Waals surface area contributed by atoms with Crippen molar-refractivity contribution in [2.24, 2.45) is 0 Å². The number of benzene rings is 2. The molecule has 1 N–H and O–H groups in total. The number of carboxylic acid groups (broad SMARTS) is 1. The summed E-state index contributed by atoms with van der Waals surface area (Å²) in [6, 6.07) is 21.6. The van der Waals surface area contributed by atoms with Crippen molar-refractivity contribution in [1.82, 2.24) is 9.88 Å². The molecule has 0 saturated carbocycles. The molecule has 0 spiro atoms. The van der Waals surface area contributed by atoms with Gasteiger partial charge in [-0.05, 0) is 60.8 Å². The van der Waals surface area contributed by atoms with E-state index in [4.69, 9.17) is 0 Å². The highest BCUT2D eigenvalue weighted by Crippen LogP contribution is 2.28. The molecule has 1 aliphatic heterocycles. The molecule has 0 radical (unpaired) electrons. The van der Waals surface area contributed by atoms with Crippen LogP contribution in [0.2, 0.25) is 0 Å². The number of aromatic nitrogens is 1. The second kappa shape index (κ2) is 8.36. The Balaban J connectivity index is 1.39. The van der Waals surface area contributed by atoms with Gasteiger partial charge in [0.15, 0.2) is 0 Å². The molecule has 0 bridgehead atoms. The fourth-order valence-corrected chi connectivity index (χ4v) is 3.97. The van der Waals surface area contributed by atoms with E-state index < -0.39 is 5.97 Å². The van der Waals surface area contributed by atoms with Crippen LogP contribution in [-0.4, -0.2) is 34.0 Å². The van der Waals surface area contributed by atoms with Gasteiger partial charge in [-0.25, -0.2) is 4.79 Å². The van der Waals surface area contributed by atoms with Crippen molar-refractivity contribution in [2.75, 3.05) is 13.1 Å². The van der Waals surface area contributed by atoms with Crippen LogP contribution in [0.15, 0.2) is 72.9 Å². The monoisotopic (exact) mass is 372 g/mol. The quantitative estimate of drug-likeness (QED) is 0.697. The summed E-state index contributed by atoms with van der Waals surface area (Å²) in [5, 5.41) is 9.39. The summed E-state index contributed by atoms with van der Waals surface area (Å²) in [4.78, 5) is 18.4. The fraction of sp³-hybridized carbons (Fsp3) is 0.250. The zero-order valence-electron chi connectivity index (χ0n) is 15.8. The second-order valence-electron chi connectivity index (χ2n) is 7.35. The molecule has 0 amide bonds. The first-order chi connectivity index (χ1) is 13.7. The largest absolute Gasteiger partial charge is 0.478 e. The van der Waals surface area contributed by atoms with Gasteiger partial charge >= 0.3 is 5.97 Å². The Kier molecular flexibility index (Phi) is 5.49. The third kappa shape index (κ3) is 4.12. The van der Waals surface area contributed by atoms with Gasteiger partial charge in [0.05, 0.1) is 5.56 Å². The molecule has 4 rings (SSSR count). The Morgan fingerprint density at radius 3 is 2.36 bits per heavy atom. The minimum atomic E-state index is -0.893. The third-order valence-electron chi connectivity index (χ3n) is 5.52. The van der Waals surface area contributed by atoms with Crippen molar-refractivity contribution >= 4 is 5.97 Å². The number of aromatic carboxylic acids is 1. The Bertz CT molecular complexity index is 930. The normalized spacial score (nSPS) is 15.4. The summed E-state index contributed by atoms with van der Waals surface area (Å²) in [6.07, 6.45) is 4.16. The van der Waals surface area contributed by atoms with Gasteiger partial charge < -0.3 is 5.11 Å². The van der Waals surface area contributed by atoms with Gasteiger partial charge in [-0.15, -0.1) is 0 Å². The van der Waals surface area contributed by atoms with Crippen molar-refractivity contribution in [3.05, 3.63) is 89.7 Å². The lowest BCUT2D eigenvalue weighted by molar-refractivity contribution is 0.0697. The SMILES string of the molecule is O=C(O)c1ccccc1-c1ccc(CN2CCC(c3ccccn3)CC2)cc1. The van der Waals surface area contributed by atoms with Crippen molar-refractivity contribution in [1.29, 1.82) is 0 Å². The highest BCUT2D eigenvalue weighted by Gasteiger charge is 2.21. The van der Waals surface area contributed by atoms with E-state index in [-0.39, 0.29) is 0 Å². The Morgan fingerprint density at radius 1 is 0.964 bits per heavy atom. The molecule has 0 aliphatic carbocycles. The van der Waals surface area contributed by atoms with E-state index in [1.165, 1.54) is 11.3 Å². The Hall–Kier alpha value is -2.98. The zero-order chi connectivity index (χ0) is 19.3. The van der Waals surface area contributed by atoms with Crippen LogP contribution in [0.5, 0.6) is 0 Å². The van der Waals surface area contributed by atoms with E-state index in [0.29, 0.717) is 11.5 Å². The summed E-state index contributed by atoms with van der Waals surface area (Å²) in [7, 11) is 0. The molecule has 28 heavy (non-hydrogen) atoms. The molecule has 0 atom stereocenters. The standard InChI is InChI=1S/C24H24N2O2/c27-24(28)22-6-2-1-5-21(22)19-10-8-18(9-11-19)17-26-15-12-20(13-16-26)23-7-3-4-14-25-23/h1-11,14,20H,12-13,15-17H2,(H,27,28). The predicted octanol–water partition coefficient (Wildman–Crippen LogP) is 4.83. The number of carbonyl (C=O) groups is 1. The number of rotatable bonds is 5. The molecular formula is C24H24N2O2. The number of likely N-dealkylation sites (tertiary alicyclic amines) is 1. The highest BCUT2D eigenvalue weighted by molar-refractivity contribution is 5.95. The van der Waals surface area contributed by atoms with Crippen LogP contribution in [0, 0.1) is 0 Å². The van der Waals surface area contributed by atoms with E-state index in [1.54, 1.807) is 12.1 Å². The molecule has 1 fully saturated rings. The molecule has 1 aromatic heterocycles. The van der Waals surface area contributed by atoms with Gasteiger partial charge in [0.2, 0.25) is 0 Å². The molecule has 2 heterocycles. The van der Waals surface area contributed by atoms with E-state index in [1.807, 2.05) is 36.5 Å². The zero-order valence-corrected chi connectivity index (χ0v) is 15.8. The lowest BCUT2D eigenvalue weighted by atomic mass is 9.92. The molecule has 4 nitrogen and oxygen atoms in total. The minimum absolute atomic E-state index is 0.340. The number of pyridine rings is 1. The Morgan fingerprint density at radius 2 is 1.68 bits per heavy atom. The molecule has 3 aromatic rings. The van der Waals surface area contributed by atoms with Crippen LogP contribution in [0.3, 0.4) is 0 Å². The van der Waals surface area contributed by atoms with Crippen molar-refractivity contribution in [2.45, 2.75) is 25.3 Å². The highest BCUT2D eigenvalue weighted by atomic mass is 16.4. The summed E-state index contributed by atoms with van der Waals surface area (Å²) in [5.41, 5.74) is 4.51. The summed E-state index contributed by atoms with van der Waals surface area (Å²) in [5.74, 6) is -0.331. The third-order valence-corrected chi connectivity index (χ3v) is 5.52. The average Bonchev–Trinajstić information content (AvgIpc) is 2.75. The maximum atomic E-state index is 11.4. The first-order valence-electron chi connectivity index (χ1n) is 9.75. The van der Waals surface area contributed by atoms with Crippen molar-refractivity contribution < 1.29 is 9.90 Å². The number of piperidine rings is 1. The first kappa shape index (κ1) is 18.4. The summed E-state index contributed by atoms with van der Waals surface area (Å²) < 4.78 is 0. The lowest BCUT2D eigenvalue weighted by Gasteiger charge is -2.31. The average molecular weight is 372 g/mol. The second-order valence-corrected chi connectivity index (χ2v) is 7.35. The van der Waals surface area contributed by atoms with Gasteiger partial charge in [-0.3, -0.25) is 9.88 Å². The number of carboxylic acids is 1. The minimum Gasteiger partial charge on any atom is -0.478 e. The summed E-state index contributed by atoms with van der Waals surface area (Å²) in [6.45, 7) is 3.07. The van der Waals surface area contributed by atoms with Gasteiger partial charge in [0.1, 0.15) is 0 Å². The van der Waals surface area contributed by atoms with E-state index in [2.05, 4.69) is 34.1 Å². The maximum Gasteiger partial charge on any atom is 0.336 e. The molecule has 1 saturated heterocycles. The summed E-state index contributed by atoms with van der Waals surface area (Å²) >= 11 is 0. The number of nitrogens with zero attached hydrogens (tertiary/aromatic N) is 2. The smallest absolute Gasteiger partial charge is 0.336 e. The number of hydrogen-bond donors (Lipinski definition) is 1. The molecular weight excluding hydrogens is 348 g/mol. The number of hydrogen-bond acceptors (Lipinski definition) is 3. The molecule has 4 heteroatoms. The van der Waals surface area contributed by atoms with Crippen molar-refractivity contribution in [3.8, 4) is 11.1 Å². The van der Waals surface area contributed by atoms with Crippen LogP contribution < -0.4 is 0 Å². The predicted molar refractivity (Wildman–Crippen MR) is 110 cm³/mol. The topological polar surface area (TPSA) is 53.4 Å². The maximum absolute atomic E-state index is 11.4. The first-order valence-corrected chi connectivity index (χ1v) is 9.75. The van der Waals surface area contributed by atoms with Crippen molar-refractivity contribution in [3.63, 3.8) is 0 Å². The van der Waals surface area contributed by atoms with Crippen LogP contribution >= 0.6 is 0 Å². The van der Waals surface area contributed by atoms with Crippen LogP contribution in [-0.2, 0) is 6.54 Å². The van der Waals surface area contributed by atoms with E-state index in [0.717, 1.165) is 43.6 Å². The molecule has 1 aliphatic rings. The molecule has 2 aromatic carbocycles. The molecule has 0 unspecified atom stereocenters. The van der Waals surface area contributed by atoms with Gasteiger partial charge in [0, 0.05) is 24.4 Å². The molecule has 142 valence electrons. The van der Waals surface area contributed by atoms with Crippen LogP contribution in [0.4, 0.5) is 0 Å². The van der Waals surface area contributed by atoms with Crippen LogP contribution in [0.1, 0.15) is 40.4 Å². The van der Waals surface area contributed by atoms with Gasteiger partial charge in [-0.2, -0.15) is 0 Å². The van der Waals surface area contributed by atoms with Gasteiger partial charge in [-0.1, -0.05) is 48.5 Å².